The first kappa shape index (κ1) is 53.5. The molecular weight excluding hydrogens is 920 g/mol. The third-order valence-corrected chi connectivity index (χ3v) is 11.3. The summed E-state index contributed by atoms with van der Waals surface area (Å²) in [5.41, 5.74) is 0. The molecule has 0 aromatic heterocycles. The predicted molar refractivity (Wildman–Crippen MR) is 199 cm³/mol. The molecule has 31 heteroatoms. The average molecular weight is 973 g/mol. The number of ether oxygens (including phenoxy) is 8. The van der Waals surface area contributed by atoms with Gasteiger partial charge in [0.05, 0.1) is 44.2 Å². The maximum atomic E-state index is 12.8. The molecule has 4 aliphatic heterocycles. The lowest BCUT2D eigenvalue weighted by molar-refractivity contribution is -0.363. The molecule has 0 aromatic carbocycles. The SMILES string of the molecule is C=CCOC1OC(COS(=O)(=O)O)C(C)C(OC2OC(C(=O)O)C(OC3OC(COS(=O)(=O)O)C(C)C(OC4OC(C(=O)O)C(O)C(O)C4O)C3NC(C)=O)C(O)C2O)C1NC(C)=O. The van der Waals surface area contributed by atoms with Crippen LogP contribution >= 0.6 is 0 Å². The second kappa shape index (κ2) is 22.1. The van der Waals surface area contributed by atoms with Crippen molar-refractivity contribution in [1.82, 2.24) is 10.6 Å². The fourth-order valence-electron chi connectivity index (χ4n) is 7.38. The van der Waals surface area contributed by atoms with Crippen molar-refractivity contribution in [3.8, 4) is 0 Å². The van der Waals surface area contributed by atoms with Crippen molar-refractivity contribution < 1.29 is 127 Å². The number of aliphatic hydroxyl groups is 5. The van der Waals surface area contributed by atoms with Gasteiger partial charge in [0.2, 0.25) is 11.8 Å². The third-order valence-electron chi connectivity index (χ3n) is 10.5. The van der Waals surface area contributed by atoms with Gasteiger partial charge in [-0.15, -0.1) is 6.58 Å². The van der Waals surface area contributed by atoms with Crippen LogP contribution in [-0.4, -0.2) is 216 Å². The smallest absolute Gasteiger partial charge is 0.397 e. The van der Waals surface area contributed by atoms with E-state index in [0.717, 1.165) is 13.8 Å². The van der Waals surface area contributed by atoms with Gasteiger partial charge in [-0.05, 0) is 0 Å². The van der Waals surface area contributed by atoms with Crippen LogP contribution in [0.15, 0.2) is 12.7 Å². The molecule has 0 aliphatic carbocycles. The van der Waals surface area contributed by atoms with Gasteiger partial charge in [0, 0.05) is 25.7 Å². The van der Waals surface area contributed by atoms with E-state index in [0.29, 0.717) is 0 Å². The van der Waals surface area contributed by atoms with Gasteiger partial charge in [0.15, 0.2) is 37.4 Å². The summed E-state index contributed by atoms with van der Waals surface area (Å²) in [6, 6.07) is -3.07. The highest BCUT2D eigenvalue weighted by Crippen LogP contribution is 2.37. The zero-order chi connectivity index (χ0) is 48.2. The number of carbonyl (C=O) groups excluding carboxylic acids is 2. The van der Waals surface area contributed by atoms with E-state index < -0.39 is 180 Å². The Bertz CT molecular complexity index is 1870. The van der Waals surface area contributed by atoms with Crippen LogP contribution in [0.2, 0.25) is 0 Å². The molecule has 4 aliphatic rings. The van der Waals surface area contributed by atoms with Crippen LogP contribution in [0, 0.1) is 11.8 Å². The Balaban J connectivity index is 1.70. The molecule has 29 nitrogen and oxygen atoms in total. The number of rotatable bonds is 19. The van der Waals surface area contributed by atoms with Gasteiger partial charge >= 0.3 is 32.7 Å². The van der Waals surface area contributed by atoms with Crippen molar-refractivity contribution in [2.24, 2.45) is 11.8 Å². The summed E-state index contributed by atoms with van der Waals surface area (Å²) in [6.45, 7) is 6.13. The molecule has 20 atom stereocenters. The Kier molecular flexibility index (Phi) is 18.5. The fourth-order valence-corrected chi connectivity index (χ4v) is 7.99. The molecule has 64 heavy (non-hydrogen) atoms. The van der Waals surface area contributed by atoms with E-state index in [1.165, 1.54) is 19.9 Å². The second-order valence-electron chi connectivity index (χ2n) is 15.1. The topological polar surface area (TPSA) is 435 Å². The van der Waals surface area contributed by atoms with Crippen molar-refractivity contribution in [2.75, 3.05) is 19.8 Å². The number of carboxylic acid groups (broad SMARTS) is 2. The van der Waals surface area contributed by atoms with Crippen molar-refractivity contribution in [1.29, 1.82) is 0 Å². The van der Waals surface area contributed by atoms with Crippen LogP contribution in [0.3, 0.4) is 0 Å². The minimum Gasteiger partial charge on any atom is -0.479 e. The number of aliphatic carboxylic acids is 2. The second-order valence-corrected chi connectivity index (χ2v) is 17.3. The lowest BCUT2D eigenvalue weighted by Crippen LogP contribution is -2.69. The highest BCUT2D eigenvalue weighted by Gasteiger charge is 2.57. The van der Waals surface area contributed by atoms with E-state index in [-0.39, 0.29) is 6.61 Å². The fraction of sp³-hybridized carbons (Fsp3) is 0.818. The first-order chi connectivity index (χ1) is 29.6. The molecule has 4 saturated heterocycles. The van der Waals surface area contributed by atoms with Crippen LogP contribution in [0.5, 0.6) is 0 Å². The Morgan fingerprint density at radius 2 is 1.00 bits per heavy atom. The number of hydrogen-bond acceptors (Lipinski definition) is 23. The highest BCUT2D eigenvalue weighted by atomic mass is 32.3. The lowest BCUT2D eigenvalue weighted by atomic mass is 9.88. The molecule has 0 bridgehead atoms. The van der Waals surface area contributed by atoms with Crippen molar-refractivity contribution in [3.63, 3.8) is 0 Å². The Labute approximate surface area is 364 Å². The Hall–Kier alpha value is -3.16. The van der Waals surface area contributed by atoms with Crippen LogP contribution in [0.25, 0.3) is 0 Å². The average Bonchev–Trinajstić information content (AvgIpc) is 3.18. The molecule has 20 unspecified atom stereocenters. The predicted octanol–water partition coefficient (Wildman–Crippen LogP) is -5.86. The van der Waals surface area contributed by atoms with Crippen molar-refractivity contribution in [3.05, 3.63) is 12.7 Å². The van der Waals surface area contributed by atoms with Gasteiger partial charge in [-0.2, -0.15) is 16.8 Å². The van der Waals surface area contributed by atoms with E-state index in [2.05, 4.69) is 25.6 Å². The number of nitrogens with one attached hydrogen (secondary N) is 2. The van der Waals surface area contributed by atoms with Gasteiger partial charge in [-0.25, -0.2) is 18.0 Å². The molecule has 0 spiro atoms. The summed E-state index contributed by atoms with van der Waals surface area (Å²) in [5.74, 6) is -7.59. The van der Waals surface area contributed by atoms with E-state index in [1.54, 1.807) is 0 Å². The van der Waals surface area contributed by atoms with Crippen LogP contribution < -0.4 is 10.6 Å². The first-order valence-corrected chi connectivity index (χ1v) is 21.8. The zero-order valence-corrected chi connectivity index (χ0v) is 35.8. The molecule has 4 rings (SSSR count). The zero-order valence-electron chi connectivity index (χ0n) is 34.1. The molecule has 0 saturated carbocycles. The van der Waals surface area contributed by atoms with Crippen molar-refractivity contribution >= 4 is 44.6 Å². The highest BCUT2D eigenvalue weighted by molar-refractivity contribution is 7.81. The standard InChI is InChI=1S/C33H52N2O27S2/c1-6-7-53-30-16(34-12(4)36)23(10(2)14(56-30)8-54-63(47,48)49)58-33-22(42)20(40)25(27(62-33)29(45)46)60-31-17(35-13(5)37)24(11(3)15(57-31)9-55-64(50,51)52)59-32-21(41)18(38)19(39)26(61-32)28(43)44/h6,10-11,14-27,30-33,38-42H,1,7-9H2,2-5H3,(H,34,36)(H,35,37)(H,43,44)(H,45,46)(H,47,48,49)(H,50,51,52). The molecule has 0 radical (unpaired) electrons. The molecule has 0 aromatic rings. The Morgan fingerprint density at radius 3 is 1.42 bits per heavy atom. The lowest BCUT2D eigenvalue weighted by Gasteiger charge is -2.50. The molecule has 4 heterocycles. The van der Waals surface area contributed by atoms with Crippen LogP contribution in [0.1, 0.15) is 27.7 Å². The summed E-state index contributed by atoms with van der Waals surface area (Å²) in [5, 5.41) is 79.1. The van der Waals surface area contributed by atoms with E-state index >= 15 is 0 Å². The van der Waals surface area contributed by atoms with E-state index in [1.807, 2.05) is 0 Å². The maximum absolute atomic E-state index is 12.8. The summed E-state index contributed by atoms with van der Waals surface area (Å²) >= 11 is 0. The number of aliphatic hydroxyl groups excluding tert-OH is 5. The van der Waals surface area contributed by atoms with Crippen molar-refractivity contribution in [2.45, 2.75) is 138 Å². The molecule has 11 N–H and O–H groups in total. The maximum Gasteiger partial charge on any atom is 0.397 e. The quantitative estimate of drug-likeness (QED) is 0.0424. The number of hydrogen-bond donors (Lipinski definition) is 11. The van der Waals surface area contributed by atoms with E-state index in [4.69, 9.17) is 37.9 Å². The van der Waals surface area contributed by atoms with Gasteiger partial charge in [-0.3, -0.25) is 18.7 Å². The first-order valence-electron chi connectivity index (χ1n) is 19.1. The number of carboxylic acids is 2. The van der Waals surface area contributed by atoms with Gasteiger partial charge < -0.3 is 84.3 Å². The van der Waals surface area contributed by atoms with Crippen LogP contribution in [0.4, 0.5) is 0 Å². The normalized spacial score (nSPS) is 40.8. The summed E-state index contributed by atoms with van der Waals surface area (Å²) in [6.07, 6.45) is -30.6. The minimum absolute atomic E-state index is 0.215. The molecule has 2 amide bonds. The van der Waals surface area contributed by atoms with Gasteiger partial charge in [0.1, 0.15) is 48.7 Å². The number of carbonyl (C=O) groups is 4. The minimum atomic E-state index is -5.19. The largest absolute Gasteiger partial charge is 0.479 e. The molecular formula is C33H52N2O27S2. The van der Waals surface area contributed by atoms with Crippen LogP contribution in [-0.2, 0) is 86.2 Å². The summed E-state index contributed by atoms with van der Waals surface area (Å²) < 4.78 is 119. The van der Waals surface area contributed by atoms with Gasteiger partial charge in [0.25, 0.3) is 0 Å². The van der Waals surface area contributed by atoms with Gasteiger partial charge in [-0.1, -0.05) is 19.9 Å². The molecule has 4 fully saturated rings. The van der Waals surface area contributed by atoms with E-state index in [9.17, 15) is 80.9 Å². The summed E-state index contributed by atoms with van der Waals surface area (Å²) in [4.78, 5) is 49.6. The number of amides is 2. The monoisotopic (exact) mass is 972 g/mol. The third kappa shape index (κ3) is 13.5. The summed E-state index contributed by atoms with van der Waals surface area (Å²) in [7, 11) is -10.2. The Morgan fingerprint density at radius 1 is 0.594 bits per heavy atom. The molecule has 368 valence electrons.